The quantitative estimate of drug-likeness (QED) is 0.496. The summed E-state index contributed by atoms with van der Waals surface area (Å²) < 4.78 is 0. The molecule has 5 nitrogen and oxygen atoms in total. The fourth-order valence-corrected chi connectivity index (χ4v) is 0.641. The average molecular weight is 188 g/mol. The Hall–Kier alpha value is -1.10. The minimum absolute atomic E-state index is 0.00706. The van der Waals surface area contributed by atoms with Crippen LogP contribution in [0, 0.1) is 0 Å². The molecule has 0 radical (unpaired) electrons. The van der Waals surface area contributed by atoms with E-state index in [1.807, 2.05) is 13.8 Å². The Morgan fingerprint density at radius 2 is 2.00 bits per heavy atom. The van der Waals surface area contributed by atoms with Crippen LogP contribution in [0.2, 0.25) is 0 Å². The molecule has 0 fully saturated rings. The third-order valence-corrected chi connectivity index (χ3v) is 1.59. The highest BCUT2D eigenvalue weighted by atomic mass is 16.3. The van der Waals surface area contributed by atoms with E-state index < -0.39 is 11.8 Å². The molecule has 0 spiro atoms. The summed E-state index contributed by atoms with van der Waals surface area (Å²) in [5, 5.41) is 13.1. The second kappa shape index (κ2) is 6.42. The highest BCUT2D eigenvalue weighted by molar-refractivity contribution is 6.35. The Bertz CT molecular complexity index is 182. The molecule has 0 unspecified atom stereocenters. The van der Waals surface area contributed by atoms with Crippen LogP contribution in [0.15, 0.2) is 0 Å². The third-order valence-electron chi connectivity index (χ3n) is 1.59. The Labute approximate surface area is 77.5 Å². The van der Waals surface area contributed by atoms with Gasteiger partial charge in [-0.15, -0.1) is 0 Å². The van der Waals surface area contributed by atoms with E-state index in [0.29, 0.717) is 0 Å². The van der Waals surface area contributed by atoms with Gasteiger partial charge in [-0.05, 0) is 13.3 Å². The van der Waals surface area contributed by atoms with Gasteiger partial charge < -0.3 is 15.7 Å². The van der Waals surface area contributed by atoms with Crippen molar-refractivity contribution in [3.8, 4) is 0 Å². The number of aliphatic hydroxyl groups excluding tert-OH is 1. The molecule has 0 aromatic rings. The van der Waals surface area contributed by atoms with Gasteiger partial charge in [-0.1, -0.05) is 6.92 Å². The summed E-state index contributed by atoms with van der Waals surface area (Å²) in [6.45, 7) is 3.67. The predicted octanol–water partition coefficient (Wildman–Crippen LogP) is -0.990. The Balaban J connectivity index is 3.76. The van der Waals surface area contributed by atoms with E-state index in [1.165, 1.54) is 0 Å². The van der Waals surface area contributed by atoms with Crippen molar-refractivity contribution in [2.24, 2.45) is 0 Å². The van der Waals surface area contributed by atoms with Gasteiger partial charge in [0.05, 0.1) is 6.61 Å². The van der Waals surface area contributed by atoms with Crippen molar-refractivity contribution in [3.63, 3.8) is 0 Å². The molecule has 5 heteroatoms. The van der Waals surface area contributed by atoms with E-state index in [0.717, 1.165) is 6.42 Å². The maximum atomic E-state index is 11.0. The number of amides is 2. The average Bonchev–Trinajstić information content (AvgIpc) is 2.13. The van der Waals surface area contributed by atoms with E-state index in [2.05, 4.69) is 10.6 Å². The third kappa shape index (κ3) is 5.19. The van der Waals surface area contributed by atoms with E-state index in [9.17, 15) is 9.59 Å². The molecular formula is C8H16N2O3. The van der Waals surface area contributed by atoms with Crippen molar-refractivity contribution in [3.05, 3.63) is 0 Å². The first-order valence-electron chi connectivity index (χ1n) is 4.31. The molecule has 0 bridgehead atoms. The van der Waals surface area contributed by atoms with Gasteiger partial charge in [-0.2, -0.15) is 0 Å². The summed E-state index contributed by atoms with van der Waals surface area (Å²) >= 11 is 0. The van der Waals surface area contributed by atoms with Gasteiger partial charge in [-0.25, -0.2) is 0 Å². The lowest BCUT2D eigenvalue weighted by atomic mass is 10.2. The molecule has 76 valence electrons. The minimum atomic E-state index is -0.700. The van der Waals surface area contributed by atoms with Crippen LogP contribution in [0.5, 0.6) is 0 Å². The summed E-state index contributed by atoms with van der Waals surface area (Å²) in [6, 6.07) is -0.00706. The maximum Gasteiger partial charge on any atom is 0.309 e. The number of carbonyl (C=O) groups excluding carboxylic acids is 2. The first-order valence-corrected chi connectivity index (χ1v) is 4.31. The van der Waals surface area contributed by atoms with Gasteiger partial charge in [-0.3, -0.25) is 9.59 Å². The van der Waals surface area contributed by atoms with Gasteiger partial charge in [0.15, 0.2) is 0 Å². The van der Waals surface area contributed by atoms with Crippen molar-refractivity contribution in [2.45, 2.75) is 26.3 Å². The largest absolute Gasteiger partial charge is 0.395 e. The highest BCUT2D eigenvalue weighted by Crippen LogP contribution is 1.86. The van der Waals surface area contributed by atoms with E-state index in [1.54, 1.807) is 0 Å². The van der Waals surface area contributed by atoms with E-state index in [-0.39, 0.29) is 19.2 Å². The lowest BCUT2D eigenvalue weighted by Crippen LogP contribution is -2.44. The molecule has 0 saturated carbocycles. The SMILES string of the molecule is CC[C@H](C)NC(=O)C(=O)NCCO. The van der Waals surface area contributed by atoms with Crippen molar-refractivity contribution in [1.29, 1.82) is 0 Å². The van der Waals surface area contributed by atoms with Gasteiger partial charge in [0.2, 0.25) is 0 Å². The van der Waals surface area contributed by atoms with Gasteiger partial charge >= 0.3 is 11.8 Å². The zero-order chi connectivity index (χ0) is 10.3. The molecule has 0 aliphatic carbocycles. The minimum Gasteiger partial charge on any atom is -0.395 e. The molecule has 0 heterocycles. The van der Waals surface area contributed by atoms with Crippen molar-refractivity contribution < 1.29 is 14.7 Å². The predicted molar refractivity (Wildman–Crippen MR) is 48.0 cm³/mol. The Morgan fingerprint density at radius 3 is 2.46 bits per heavy atom. The van der Waals surface area contributed by atoms with Crippen molar-refractivity contribution in [2.75, 3.05) is 13.2 Å². The summed E-state index contributed by atoms with van der Waals surface area (Å²) in [7, 11) is 0. The summed E-state index contributed by atoms with van der Waals surface area (Å²) in [6.07, 6.45) is 0.777. The normalized spacial score (nSPS) is 11.9. The van der Waals surface area contributed by atoms with Gasteiger partial charge in [0.25, 0.3) is 0 Å². The van der Waals surface area contributed by atoms with Crippen LogP contribution in [-0.4, -0.2) is 36.1 Å². The number of hydrogen-bond acceptors (Lipinski definition) is 3. The van der Waals surface area contributed by atoms with Crippen LogP contribution in [0.4, 0.5) is 0 Å². The lowest BCUT2D eigenvalue weighted by molar-refractivity contribution is -0.139. The number of aliphatic hydroxyl groups is 1. The fraction of sp³-hybridized carbons (Fsp3) is 0.750. The van der Waals surface area contributed by atoms with E-state index >= 15 is 0 Å². The lowest BCUT2D eigenvalue weighted by Gasteiger charge is -2.10. The van der Waals surface area contributed by atoms with Crippen molar-refractivity contribution >= 4 is 11.8 Å². The Kier molecular flexibility index (Phi) is 5.88. The van der Waals surface area contributed by atoms with Crippen LogP contribution < -0.4 is 10.6 Å². The van der Waals surface area contributed by atoms with E-state index in [4.69, 9.17) is 5.11 Å². The molecule has 13 heavy (non-hydrogen) atoms. The Morgan fingerprint density at radius 1 is 1.38 bits per heavy atom. The van der Waals surface area contributed by atoms with Crippen LogP contribution in [-0.2, 0) is 9.59 Å². The molecule has 3 N–H and O–H groups in total. The topological polar surface area (TPSA) is 78.4 Å². The number of carbonyl (C=O) groups is 2. The first kappa shape index (κ1) is 11.9. The molecule has 0 aromatic heterocycles. The highest BCUT2D eigenvalue weighted by Gasteiger charge is 2.13. The zero-order valence-electron chi connectivity index (χ0n) is 7.96. The first-order chi connectivity index (χ1) is 6.11. The molecular weight excluding hydrogens is 172 g/mol. The van der Waals surface area contributed by atoms with Crippen molar-refractivity contribution in [1.82, 2.24) is 10.6 Å². The summed E-state index contributed by atoms with van der Waals surface area (Å²) in [5.74, 6) is -1.35. The van der Waals surface area contributed by atoms with Crippen LogP contribution >= 0.6 is 0 Å². The number of hydrogen-bond donors (Lipinski definition) is 3. The van der Waals surface area contributed by atoms with Gasteiger partial charge in [0, 0.05) is 12.6 Å². The second-order valence-electron chi connectivity index (χ2n) is 2.76. The zero-order valence-corrected chi connectivity index (χ0v) is 7.96. The molecule has 2 amide bonds. The molecule has 0 aliphatic rings. The standard InChI is InChI=1S/C8H16N2O3/c1-3-6(2)10-8(13)7(12)9-4-5-11/h6,11H,3-5H2,1-2H3,(H,9,12)(H,10,13)/t6-/m0/s1. The molecule has 1 atom stereocenters. The maximum absolute atomic E-state index is 11.0. The molecule has 0 saturated heterocycles. The molecule has 0 rings (SSSR count). The number of nitrogens with one attached hydrogen (secondary N) is 2. The monoisotopic (exact) mass is 188 g/mol. The van der Waals surface area contributed by atoms with Gasteiger partial charge in [0.1, 0.15) is 0 Å². The summed E-state index contributed by atoms with van der Waals surface area (Å²) in [5.41, 5.74) is 0. The second-order valence-corrected chi connectivity index (χ2v) is 2.76. The fourth-order valence-electron chi connectivity index (χ4n) is 0.641. The smallest absolute Gasteiger partial charge is 0.309 e. The van der Waals surface area contributed by atoms with Crippen LogP contribution in [0.3, 0.4) is 0 Å². The van der Waals surface area contributed by atoms with Crippen LogP contribution in [0.1, 0.15) is 20.3 Å². The summed E-state index contributed by atoms with van der Waals surface area (Å²) in [4.78, 5) is 21.9. The van der Waals surface area contributed by atoms with Crippen LogP contribution in [0.25, 0.3) is 0 Å². The molecule has 0 aromatic carbocycles. The molecule has 0 aliphatic heterocycles. The number of rotatable bonds is 4.